The van der Waals surface area contributed by atoms with Gasteiger partial charge in [-0.05, 0) is 23.8 Å². The zero-order valence-electron chi connectivity index (χ0n) is 10.8. The first-order chi connectivity index (χ1) is 9.94. The first-order valence-electron chi connectivity index (χ1n) is 5.90. The molecular formula is C13H12N2O5S. The number of hydrogen-bond donors (Lipinski definition) is 2. The standard InChI is InChI=1S/C13H12N2O5S/c16-9-10-6-7-12(13(8-10)15(17)18)14-21(19,20)11-4-2-1-3-5-11/h1-8,14,16H,9H2. The van der Waals surface area contributed by atoms with Crippen LogP contribution < -0.4 is 4.72 Å². The van der Waals surface area contributed by atoms with Crippen LogP contribution in [0.1, 0.15) is 5.56 Å². The predicted molar refractivity (Wildman–Crippen MR) is 76.3 cm³/mol. The van der Waals surface area contributed by atoms with Crippen molar-refractivity contribution in [3.05, 3.63) is 64.2 Å². The number of nitrogens with zero attached hydrogens (tertiary/aromatic N) is 1. The molecule has 21 heavy (non-hydrogen) atoms. The van der Waals surface area contributed by atoms with E-state index < -0.39 is 20.6 Å². The minimum atomic E-state index is -3.91. The Hall–Kier alpha value is -2.45. The van der Waals surface area contributed by atoms with Crippen LogP contribution in [0.2, 0.25) is 0 Å². The summed E-state index contributed by atoms with van der Waals surface area (Å²) in [6.45, 7) is -0.368. The van der Waals surface area contributed by atoms with Gasteiger partial charge in [0, 0.05) is 6.07 Å². The maximum absolute atomic E-state index is 12.1. The molecule has 0 aliphatic carbocycles. The van der Waals surface area contributed by atoms with Gasteiger partial charge < -0.3 is 5.11 Å². The van der Waals surface area contributed by atoms with E-state index in [9.17, 15) is 18.5 Å². The largest absolute Gasteiger partial charge is 0.392 e. The van der Waals surface area contributed by atoms with Gasteiger partial charge in [0.25, 0.3) is 15.7 Å². The molecule has 0 saturated carbocycles. The number of nitrogens with one attached hydrogen (secondary N) is 1. The predicted octanol–water partition coefficient (Wildman–Crippen LogP) is 1.89. The van der Waals surface area contributed by atoms with Crippen molar-refractivity contribution in [3.8, 4) is 0 Å². The number of benzene rings is 2. The third kappa shape index (κ3) is 3.36. The second kappa shape index (κ2) is 5.90. The Kier molecular flexibility index (Phi) is 4.20. The minimum Gasteiger partial charge on any atom is -0.392 e. The van der Waals surface area contributed by atoms with Crippen LogP contribution in [-0.2, 0) is 16.6 Å². The summed E-state index contributed by atoms with van der Waals surface area (Å²) in [4.78, 5) is 10.3. The van der Waals surface area contributed by atoms with Crippen molar-refractivity contribution in [1.82, 2.24) is 0 Å². The molecule has 2 N–H and O–H groups in total. The molecule has 0 bridgehead atoms. The first-order valence-corrected chi connectivity index (χ1v) is 7.38. The third-order valence-electron chi connectivity index (χ3n) is 2.74. The van der Waals surface area contributed by atoms with E-state index in [0.717, 1.165) is 6.07 Å². The fourth-order valence-electron chi connectivity index (χ4n) is 1.72. The van der Waals surface area contributed by atoms with Crippen LogP contribution in [0.5, 0.6) is 0 Å². The molecular weight excluding hydrogens is 296 g/mol. The molecule has 0 fully saturated rings. The van der Waals surface area contributed by atoms with Crippen molar-refractivity contribution in [3.63, 3.8) is 0 Å². The molecule has 0 aliphatic rings. The van der Waals surface area contributed by atoms with Crippen LogP contribution in [0.3, 0.4) is 0 Å². The number of aliphatic hydroxyl groups is 1. The summed E-state index contributed by atoms with van der Waals surface area (Å²) in [6.07, 6.45) is 0. The summed E-state index contributed by atoms with van der Waals surface area (Å²) in [5, 5.41) is 20.0. The van der Waals surface area contributed by atoms with Gasteiger partial charge in [-0.1, -0.05) is 24.3 Å². The zero-order chi connectivity index (χ0) is 15.5. The fourth-order valence-corrected chi connectivity index (χ4v) is 2.81. The molecule has 2 aromatic carbocycles. The average Bonchev–Trinajstić information content (AvgIpc) is 2.48. The summed E-state index contributed by atoms with van der Waals surface area (Å²) < 4.78 is 26.5. The van der Waals surface area contributed by atoms with Crippen molar-refractivity contribution < 1.29 is 18.4 Å². The maximum atomic E-state index is 12.1. The molecule has 0 aliphatic heterocycles. The highest BCUT2D eigenvalue weighted by molar-refractivity contribution is 7.92. The van der Waals surface area contributed by atoms with Crippen LogP contribution in [0.4, 0.5) is 11.4 Å². The number of anilines is 1. The second-order valence-electron chi connectivity index (χ2n) is 4.19. The molecule has 8 heteroatoms. The maximum Gasteiger partial charge on any atom is 0.293 e. The quantitative estimate of drug-likeness (QED) is 0.647. The molecule has 2 rings (SSSR count). The van der Waals surface area contributed by atoms with E-state index in [1.54, 1.807) is 18.2 Å². The molecule has 0 radical (unpaired) electrons. The second-order valence-corrected chi connectivity index (χ2v) is 5.87. The van der Waals surface area contributed by atoms with Crippen molar-refractivity contribution in [2.24, 2.45) is 0 Å². The summed E-state index contributed by atoms with van der Waals surface area (Å²) >= 11 is 0. The van der Waals surface area contributed by atoms with Gasteiger partial charge in [0.15, 0.2) is 0 Å². The van der Waals surface area contributed by atoms with Gasteiger partial charge in [-0.3, -0.25) is 14.8 Å². The van der Waals surface area contributed by atoms with Gasteiger partial charge in [0.1, 0.15) is 5.69 Å². The third-order valence-corrected chi connectivity index (χ3v) is 4.12. The summed E-state index contributed by atoms with van der Waals surface area (Å²) in [5.74, 6) is 0. The topological polar surface area (TPSA) is 110 Å². The molecule has 0 saturated heterocycles. The Morgan fingerprint density at radius 1 is 1.14 bits per heavy atom. The lowest BCUT2D eigenvalue weighted by atomic mass is 10.2. The van der Waals surface area contributed by atoms with Gasteiger partial charge in [-0.2, -0.15) is 0 Å². The van der Waals surface area contributed by atoms with E-state index in [0.29, 0.717) is 5.56 Å². The van der Waals surface area contributed by atoms with E-state index in [2.05, 4.69) is 4.72 Å². The highest BCUT2D eigenvalue weighted by Crippen LogP contribution is 2.28. The molecule has 0 amide bonds. The smallest absolute Gasteiger partial charge is 0.293 e. The molecule has 0 unspecified atom stereocenters. The van der Waals surface area contributed by atoms with E-state index >= 15 is 0 Å². The van der Waals surface area contributed by atoms with Crippen LogP contribution >= 0.6 is 0 Å². The molecule has 110 valence electrons. The van der Waals surface area contributed by atoms with Crippen LogP contribution in [0, 0.1) is 10.1 Å². The highest BCUT2D eigenvalue weighted by Gasteiger charge is 2.21. The number of sulfonamides is 1. The van der Waals surface area contributed by atoms with Crippen molar-refractivity contribution >= 4 is 21.4 Å². The Labute approximate surface area is 121 Å². The zero-order valence-corrected chi connectivity index (χ0v) is 11.6. The lowest BCUT2D eigenvalue weighted by Gasteiger charge is -2.09. The van der Waals surface area contributed by atoms with Crippen molar-refractivity contribution in [1.29, 1.82) is 0 Å². The van der Waals surface area contributed by atoms with E-state index in [1.165, 1.54) is 24.3 Å². The number of rotatable bonds is 5. The molecule has 0 atom stereocenters. The van der Waals surface area contributed by atoms with Gasteiger partial charge >= 0.3 is 0 Å². The fraction of sp³-hybridized carbons (Fsp3) is 0.0769. The lowest BCUT2D eigenvalue weighted by molar-refractivity contribution is -0.384. The van der Waals surface area contributed by atoms with Crippen LogP contribution in [-0.4, -0.2) is 18.4 Å². The Morgan fingerprint density at radius 2 is 1.81 bits per heavy atom. The normalized spacial score (nSPS) is 11.1. The van der Waals surface area contributed by atoms with E-state index in [1.807, 2.05) is 0 Å². The van der Waals surface area contributed by atoms with Crippen molar-refractivity contribution in [2.45, 2.75) is 11.5 Å². The summed E-state index contributed by atoms with van der Waals surface area (Å²) in [6, 6.07) is 11.3. The van der Waals surface area contributed by atoms with Crippen LogP contribution in [0.15, 0.2) is 53.4 Å². The van der Waals surface area contributed by atoms with Gasteiger partial charge in [0.05, 0.1) is 16.4 Å². The van der Waals surface area contributed by atoms with Gasteiger partial charge in [0.2, 0.25) is 0 Å². The number of aliphatic hydroxyl groups excluding tert-OH is 1. The average molecular weight is 308 g/mol. The summed E-state index contributed by atoms with van der Waals surface area (Å²) in [5.41, 5.74) is -0.244. The van der Waals surface area contributed by atoms with Crippen molar-refractivity contribution in [2.75, 3.05) is 4.72 Å². The SMILES string of the molecule is O=[N+]([O-])c1cc(CO)ccc1NS(=O)(=O)c1ccccc1. The Bertz CT molecular complexity index is 759. The highest BCUT2D eigenvalue weighted by atomic mass is 32.2. The Morgan fingerprint density at radius 3 is 2.38 bits per heavy atom. The first kappa shape index (κ1) is 14.9. The Balaban J connectivity index is 2.42. The van der Waals surface area contributed by atoms with Crippen LogP contribution in [0.25, 0.3) is 0 Å². The monoisotopic (exact) mass is 308 g/mol. The van der Waals surface area contributed by atoms with Gasteiger partial charge in [-0.25, -0.2) is 8.42 Å². The summed E-state index contributed by atoms with van der Waals surface area (Å²) in [7, 11) is -3.91. The number of nitro benzene ring substituents is 1. The molecule has 0 heterocycles. The lowest BCUT2D eigenvalue weighted by Crippen LogP contribution is -2.14. The minimum absolute atomic E-state index is 0.00512. The molecule has 0 spiro atoms. The van der Waals surface area contributed by atoms with Gasteiger partial charge in [-0.15, -0.1) is 0 Å². The molecule has 7 nitrogen and oxygen atoms in total. The van der Waals surface area contributed by atoms with E-state index in [-0.39, 0.29) is 17.2 Å². The van der Waals surface area contributed by atoms with E-state index in [4.69, 9.17) is 5.11 Å². The number of hydrogen-bond acceptors (Lipinski definition) is 5. The number of nitro groups is 1. The molecule has 0 aromatic heterocycles. The molecule has 2 aromatic rings.